The number of carbonyl (C=O) groups excluding carboxylic acids is 1. The molecule has 1 aromatic carbocycles. The van der Waals surface area contributed by atoms with Gasteiger partial charge in [-0.3, -0.25) is 4.79 Å². The van der Waals surface area contributed by atoms with Crippen molar-refractivity contribution in [2.45, 2.75) is 56.8 Å². The van der Waals surface area contributed by atoms with E-state index in [1.165, 1.54) is 0 Å². The van der Waals surface area contributed by atoms with Crippen LogP contribution < -0.4 is 10.1 Å². The molecule has 24 heavy (non-hydrogen) atoms. The third-order valence-electron chi connectivity index (χ3n) is 5.00. The van der Waals surface area contributed by atoms with Gasteiger partial charge < -0.3 is 19.9 Å². The van der Waals surface area contributed by atoms with Crippen LogP contribution in [0.25, 0.3) is 0 Å². The Bertz CT molecular complexity index is 515. The first-order chi connectivity index (χ1) is 11.7. The molecule has 1 aromatic rings. The highest BCUT2D eigenvalue weighted by atomic mass is 16.5. The Kier molecular flexibility index (Phi) is 6.10. The molecule has 2 fully saturated rings. The van der Waals surface area contributed by atoms with Crippen molar-refractivity contribution in [2.24, 2.45) is 5.92 Å². The van der Waals surface area contributed by atoms with Crippen molar-refractivity contribution in [1.29, 1.82) is 0 Å². The second-order valence-electron chi connectivity index (χ2n) is 6.78. The minimum atomic E-state index is -0.538. The maximum absolute atomic E-state index is 12.0. The molecule has 0 radical (unpaired) electrons. The molecule has 1 aliphatic carbocycles. The lowest BCUT2D eigenvalue weighted by Crippen LogP contribution is -2.37. The molecule has 1 saturated heterocycles. The molecule has 3 rings (SSSR count). The van der Waals surface area contributed by atoms with E-state index < -0.39 is 6.10 Å². The lowest BCUT2D eigenvalue weighted by molar-refractivity contribution is -0.122. The fourth-order valence-corrected chi connectivity index (χ4v) is 3.55. The maximum Gasteiger partial charge on any atom is 0.220 e. The molecule has 1 unspecified atom stereocenters. The van der Waals surface area contributed by atoms with E-state index in [1.807, 2.05) is 30.3 Å². The number of ether oxygens (including phenoxy) is 2. The van der Waals surface area contributed by atoms with Gasteiger partial charge >= 0.3 is 0 Å². The molecule has 1 amide bonds. The molecule has 2 N–H and O–H groups in total. The van der Waals surface area contributed by atoms with Crippen molar-refractivity contribution in [3.63, 3.8) is 0 Å². The van der Waals surface area contributed by atoms with Gasteiger partial charge in [-0.25, -0.2) is 0 Å². The minimum Gasteiger partial charge on any atom is -0.488 e. The summed E-state index contributed by atoms with van der Waals surface area (Å²) in [6.45, 7) is 1.34. The molecule has 5 heteroatoms. The monoisotopic (exact) mass is 333 g/mol. The summed E-state index contributed by atoms with van der Waals surface area (Å²) in [6.07, 6.45) is 4.64. The SMILES string of the molecule is O=C(CCC1CCCO1)NC[C@H]1CC[C@@H](Oc2ccccc2)[C@@H]1O. The van der Waals surface area contributed by atoms with Crippen molar-refractivity contribution in [2.75, 3.05) is 13.2 Å². The quantitative estimate of drug-likeness (QED) is 0.803. The molecule has 5 nitrogen and oxygen atoms in total. The highest BCUT2D eigenvalue weighted by Crippen LogP contribution is 2.29. The van der Waals surface area contributed by atoms with E-state index in [1.54, 1.807) is 0 Å². The van der Waals surface area contributed by atoms with Crippen LogP contribution in [0.1, 0.15) is 38.5 Å². The normalized spacial score (nSPS) is 29.5. The Morgan fingerprint density at radius 2 is 2.08 bits per heavy atom. The number of aliphatic hydroxyl groups is 1. The standard InChI is InChI=1S/C19H27NO4/c21-18(11-9-15-7-4-12-23-15)20-13-14-8-10-17(19(14)22)24-16-5-2-1-3-6-16/h1-3,5-6,14-15,17,19,22H,4,7-13H2,(H,20,21)/t14-,15?,17-,19-/m1/s1. The van der Waals surface area contributed by atoms with E-state index in [0.29, 0.717) is 13.0 Å². The molecule has 1 heterocycles. The molecule has 132 valence electrons. The van der Waals surface area contributed by atoms with Crippen molar-refractivity contribution < 1.29 is 19.4 Å². The maximum atomic E-state index is 12.0. The van der Waals surface area contributed by atoms with E-state index >= 15 is 0 Å². The van der Waals surface area contributed by atoms with Crippen LogP contribution in [0.15, 0.2) is 30.3 Å². The van der Waals surface area contributed by atoms with Gasteiger partial charge in [0.2, 0.25) is 5.91 Å². The van der Waals surface area contributed by atoms with Gasteiger partial charge in [-0.1, -0.05) is 18.2 Å². The van der Waals surface area contributed by atoms with E-state index in [4.69, 9.17) is 9.47 Å². The predicted molar refractivity (Wildman–Crippen MR) is 90.8 cm³/mol. The smallest absolute Gasteiger partial charge is 0.220 e. The fourth-order valence-electron chi connectivity index (χ4n) is 3.55. The zero-order valence-electron chi connectivity index (χ0n) is 14.0. The van der Waals surface area contributed by atoms with Crippen molar-refractivity contribution in [1.82, 2.24) is 5.32 Å². The van der Waals surface area contributed by atoms with E-state index in [2.05, 4.69) is 5.32 Å². The van der Waals surface area contributed by atoms with Crippen molar-refractivity contribution in [3.05, 3.63) is 30.3 Å². The Morgan fingerprint density at radius 3 is 2.83 bits per heavy atom. The molecule has 0 spiro atoms. The zero-order chi connectivity index (χ0) is 16.8. The summed E-state index contributed by atoms with van der Waals surface area (Å²) in [5.41, 5.74) is 0. The van der Waals surface area contributed by atoms with Crippen LogP contribution in [0, 0.1) is 5.92 Å². The highest BCUT2D eigenvalue weighted by molar-refractivity contribution is 5.75. The lowest BCUT2D eigenvalue weighted by Gasteiger charge is -2.21. The van der Waals surface area contributed by atoms with Crippen LogP contribution in [0.4, 0.5) is 0 Å². The van der Waals surface area contributed by atoms with Gasteiger partial charge in [0.05, 0.1) is 12.2 Å². The Hall–Kier alpha value is -1.59. The summed E-state index contributed by atoms with van der Waals surface area (Å²) < 4.78 is 11.4. The minimum absolute atomic E-state index is 0.0464. The van der Waals surface area contributed by atoms with Gasteiger partial charge in [-0.15, -0.1) is 0 Å². The van der Waals surface area contributed by atoms with Crippen molar-refractivity contribution >= 4 is 5.91 Å². The Morgan fingerprint density at radius 1 is 1.25 bits per heavy atom. The van der Waals surface area contributed by atoms with Gasteiger partial charge in [0, 0.05) is 25.5 Å². The van der Waals surface area contributed by atoms with Gasteiger partial charge in [0.15, 0.2) is 0 Å². The molecule has 1 aliphatic heterocycles. The summed E-state index contributed by atoms with van der Waals surface area (Å²) in [5, 5.41) is 13.4. The molecule has 2 aliphatic rings. The average molecular weight is 333 g/mol. The fraction of sp³-hybridized carbons (Fsp3) is 0.632. The van der Waals surface area contributed by atoms with Crippen LogP contribution in [-0.4, -0.2) is 42.5 Å². The van der Waals surface area contributed by atoms with Crippen LogP contribution in [-0.2, 0) is 9.53 Å². The first kappa shape index (κ1) is 17.2. The summed E-state index contributed by atoms with van der Waals surface area (Å²) in [7, 11) is 0. The van der Waals surface area contributed by atoms with E-state index in [9.17, 15) is 9.90 Å². The number of benzene rings is 1. The van der Waals surface area contributed by atoms with Crippen LogP contribution in [0.2, 0.25) is 0 Å². The van der Waals surface area contributed by atoms with Gasteiger partial charge in [-0.2, -0.15) is 0 Å². The second kappa shape index (κ2) is 8.49. The molecular weight excluding hydrogens is 306 g/mol. The van der Waals surface area contributed by atoms with Crippen LogP contribution >= 0.6 is 0 Å². The highest BCUT2D eigenvalue weighted by Gasteiger charge is 2.36. The van der Waals surface area contributed by atoms with Gasteiger partial charge in [0.1, 0.15) is 11.9 Å². The van der Waals surface area contributed by atoms with Crippen LogP contribution in [0.3, 0.4) is 0 Å². The summed E-state index contributed by atoms with van der Waals surface area (Å²) in [4.78, 5) is 12.0. The topological polar surface area (TPSA) is 67.8 Å². The van der Waals surface area contributed by atoms with Gasteiger partial charge in [0.25, 0.3) is 0 Å². The Balaban J connectivity index is 1.37. The molecular formula is C19H27NO4. The third kappa shape index (κ3) is 4.71. The predicted octanol–water partition coefficient (Wildman–Crippen LogP) is 2.28. The van der Waals surface area contributed by atoms with Gasteiger partial charge in [-0.05, 0) is 44.2 Å². The average Bonchev–Trinajstić information content (AvgIpc) is 3.23. The number of hydrogen-bond acceptors (Lipinski definition) is 4. The third-order valence-corrected chi connectivity index (χ3v) is 5.00. The van der Waals surface area contributed by atoms with Crippen LogP contribution in [0.5, 0.6) is 5.75 Å². The second-order valence-corrected chi connectivity index (χ2v) is 6.78. The summed E-state index contributed by atoms with van der Waals surface area (Å²) >= 11 is 0. The number of para-hydroxylation sites is 1. The number of carbonyl (C=O) groups is 1. The van der Waals surface area contributed by atoms with E-state index in [-0.39, 0.29) is 24.0 Å². The number of rotatable bonds is 7. The number of hydrogen-bond donors (Lipinski definition) is 2. The van der Waals surface area contributed by atoms with Crippen molar-refractivity contribution in [3.8, 4) is 5.75 Å². The first-order valence-corrected chi connectivity index (χ1v) is 9.00. The first-order valence-electron chi connectivity index (χ1n) is 9.00. The molecule has 0 aromatic heterocycles. The lowest BCUT2D eigenvalue weighted by atomic mass is 10.1. The zero-order valence-corrected chi connectivity index (χ0v) is 14.0. The Labute approximate surface area is 143 Å². The molecule has 4 atom stereocenters. The van der Waals surface area contributed by atoms with E-state index in [0.717, 1.165) is 44.5 Å². The number of aliphatic hydroxyl groups excluding tert-OH is 1. The summed E-state index contributed by atoms with van der Waals surface area (Å²) in [6, 6.07) is 9.57. The molecule has 1 saturated carbocycles. The molecule has 0 bridgehead atoms. The largest absolute Gasteiger partial charge is 0.488 e. The number of nitrogens with one attached hydrogen (secondary N) is 1. The number of amides is 1. The summed E-state index contributed by atoms with van der Waals surface area (Å²) in [5.74, 6) is 0.887.